The Bertz CT molecular complexity index is 383. The number of hydrogen-bond donors (Lipinski definition) is 1. The van der Waals surface area contributed by atoms with Crippen LogP contribution in [0.5, 0.6) is 0 Å². The molecule has 0 bridgehead atoms. The highest BCUT2D eigenvalue weighted by molar-refractivity contribution is 9.10. The third kappa shape index (κ3) is 4.32. The second kappa shape index (κ2) is 7.44. The predicted octanol–water partition coefficient (Wildman–Crippen LogP) is 5.46. The molecule has 0 spiro atoms. The van der Waals surface area contributed by atoms with E-state index in [1.165, 1.54) is 48.6 Å². The summed E-state index contributed by atoms with van der Waals surface area (Å²) in [6.45, 7) is 4.58. The van der Waals surface area contributed by atoms with Crippen molar-refractivity contribution in [1.29, 1.82) is 0 Å². The molecule has 2 heteroatoms. The molecule has 0 radical (unpaired) electrons. The maximum absolute atomic E-state index is 3.81. The molecule has 1 saturated carbocycles. The lowest BCUT2D eigenvalue weighted by Crippen LogP contribution is -2.35. The van der Waals surface area contributed by atoms with Crippen LogP contribution in [-0.4, -0.2) is 6.04 Å². The minimum Gasteiger partial charge on any atom is -0.307 e. The van der Waals surface area contributed by atoms with Crippen LogP contribution in [0.15, 0.2) is 28.7 Å². The Kier molecular flexibility index (Phi) is 5.90. The van der Waals surface area contributed by atoms with E-state index < -0.39 is 0 Å². The smallest absolute Gasteiger partial charge is 0.0305 e. The van der Waals surface area contributed by atoms with Gasteiger partial charge in [0.25, 0.3) is 0 Å². The van der Waals surface area contributed by atoms with Gasteiger partial charge in [-0.1, -0.05) is 53.9 Å². The van der Waals surface area contributed by atoms with E-state index in [0.29, 0.717) is 12.1 Å². The molecule has 1 aromatic carbocycles. The van der Waals surface area contributed by atoms with Crippen molar-refractivity contribution >= 4 is 15.9 Å². The number of halogens is 1. The molecule has 1 aliphatic rings. The predicted molar refractivity (Wildman–Crippen MR) is 86.3 cm³/mol. The summed E-state index contributed by atoms with van der Waals surface area (Å²) < 4.78 is 1.22. The summed E-state index contributed by atoms with van der Waals surface area (Å²) in [5.41, 5.74) is 1.37. The van der Waals surface area contributed by atoms with Crippen LogP contribution in [0.1, 0.15) is 64.0 Å². The van der Waals surface area contributed by atoms with Gasteiger partial charge in [-0.05, 0) is 50.2 Å². The van der Waals surface area contributed by atoms with E-state index in [4.69, 9.17) is 0 Å². The maximum atomic E-state index is 3.81. The zero-order valence-corrected chi connectivity index (χ0v) is 13.7. The standard InChI is InChI=1S/C17H26BrN/c1-3-6-14-9-11-15(12-10-14)19-13(2)16-7-4-5-8-17(16)18/h4-5,7-8,13-15,19H,3,6,9-12H2,1-2H3. The first kappa shape index (κ1) is 15.1. The average Bonchev–Trinajstić information content (AvgIpc) is 2.42. The summed E-state index contributed by atoms with van der Waals surface area (Å²) in [6, 6.07) is 9.68. The summed E-state index contributed by atoms with van der Waals surface area (Å²) in [5.74, 6) is 0.988. The van der Waals surface area contributed by atoms with Crippen LogP contribution in [0.25, 0.3) is 0 Å². The molecular weight excluding hydrogens is 298 g/mol. The second-order valence-electron chi connectivity index (χ2n) is 5.92. The molecule has 1 atom stereocenters. The van der Waals surface area contributed by atoms with Crippen LogP contribution >= 0.6 is 15.9 Å². The largest absolute Gasteiger partial charge is 0.307 e. The maximum Gasteiger partial charge on any atom is 0.0305 e. The fraction of sp³-hybridized carbons (Fsp3) is 0.647. The molecule has 1 aliphatic carbocycles. The zero-order valence-electron chi connectivity index (χ0n) is 12.2. The summed E-state index contributed by atoms with van der Waals surface area (Å²) in [5, 5.41) is 3.81. The lowest BCUT2D eigenvalue weighted by Gasteiger charge is -2.31. The fourth-order valence-electron chi connectivity index (χ4n) is 3.30. The topological polar surface area (TPSA) is 12.0 Å². The van der Waals surface area contributed by atoms with Crippen molar-refractivity contribution in [3.05, 3.63) is 34.3 Å². The van der Waals surface area contributed by atoms with E-state index in [2.05, 4.69) is 59.4 Å². The molecule has 1 aromatic rings. The van der Waals surface area contributed by atoms with Crippen molar-refractivity contribution in [3.63, 3.8) is 0 Å². The Morgan fingerprint density at radius 1 is 1.21 bits per heavy atom. The second-order valence-corrected chi connectivity index (χ2v) is 6.77. The summed E-state index contributed by atoms with van der Waals surface area (Å²) in [6.07, 6.45) is 8.28. The minimum absolute atomic E-state index is 0.434. The van der Waals surface area contributed by atoms with Gasteiger partial charge in [0.1, 0.15) is 0 Å². The SMILES string of the molecule is CCCC1CCC(NC(C)c2ccccc2Br)CC1. The molecule has 1 unspecified atom stereocenters. The van der Waals surface area contributed by atoms with Crippen LogP contribution in [0.3, 0.4) is 0 Å². The van der Waals surface area contributed by atoms with Crippen LogP contribution in [0.2, 0.25) is 0 Å². The highest BCUT2D eigenvalue weighted by atomic mass is 79.9. The van der Waals surface area contributed by atoms with Crippen molar-refractivity contribution in [2.24, 2.45) is 5.92 Å². The van der Waals surface area contributed by atoms with E-state index in [-0.39, 0.29) is 0 Å². The van der Waals surface area contributed by atoms with E-state index in [9.17, 15) is 0 Å². The molecule has 106 valence electrons. The van der Waals surface area contributed by atoms with Gasteiger partial charge in [-0.15, -0.1) is 0 Å². The molecular formula is C17H26BrN. The van der Waals surface area contributed by atoms with Gasteiger partial charge < -0.3 is 5.32 Å². The highest BCUT2D eigenvalue weighted by Crippen LogP contribution is 2.30. The van der Waals surface area contributed by atoms with Gasteiger partial charge in [-0.25, -0.2) is 0 Å². The van der Waals surface area contributed by atoms with Gasteiger partial charge >= 0.3 is 0 Å². The first-order valence-electron chi connectivity index (χ1n) is 7.71. The van der Waals surface area contributed by atoms with Crippen LogP contribution in [0.4, 0.5) is 0 Å². The molecule has 2 rings (SSSR count). The van der Waals surface area contributed by atoms with Crippen LogP contribution in [-0.2, 0) is 0 Å². The third-order valence-corrected chi connectivity index (χ3v) is 5.12. The third-order valence-electron chi connectivity index (χ3n) is 4.40. The molecule has 0 heterocycles. The monoisotopic (exact) mass is 323 g/mol. The van der Waals surface area contributed by atoms with E-state index >= 15 is 0 Å². The Hall–Kier alpha value is -0.340. The van der Waals surface area contributed by atoms with Crippen molar-refractivity contribution in [1.82, 2.24) is 5.32 Å². The molecule has 1 N–H and O–H groups in total. The number of hydrogen-bond acceptors (Lipinski definition) is 1. The van der Waals surface area contributed by atoms with Crippen molar-refractivity contribution in [3.8, 4) is 0 Å². The zero-order chi connectivity index (χ0) is 13.7. The van der Waals surface area contributed by atoms with Gasteiger partial charge in [0.15, 0.2) is 0 Å². The highest BCUT2D eigenvalue weighted by Gasteiger charge is 2.22. The van der Waals surface area contributed by atoms with Crippen molar-refractivity contribution < 1.29 is 0 Å². The Balaban J connectivity index is 1.84. The minimum atomic E-state index is 0.434. The average molecular weight is 324 g/mol. The summed E-state index contributed by atoms with van der Waals surface area (Å²) in [4.78, 5) is 0. The van der Waals surface area contributed by atoms with Gasteiger partial charge in [0, 0.05) is 16.6 Å². The molecule has 0 saturated heterocycles. The normalized spacial score (nSPS) is 25.2. The van der Waals surface area contributed by atoms with Crippen LogP contribution in [0, 0.1) is 5.92 Å². The van der Waals surface area contributed by atoms with Gasteiger partial charge in [0.05, 0.1) is 0 Å². The lowest BCUT2D eigenvalue weighted by molar-refractivity contribution is 0.266. The Morgan fingerprint density at radius 2 is 1.89 bits per heavy atom. The number of rotatable bonds is 5. The number of benzene rings is 1. The van der Waals surface area contributed by atoms with Crippen molar-refractivity contribution in [2.75, 3.05) is 0 Å². The first-order valence-corrected chi connectivity index (χ1v) is 8.50. The van der Waals surface area contributed by atoms with E-state index in [1.54, 1.807) is 0 Å². The van der Waals surface area contributed by atoms with Gasteiger partial charge in [0.2, 0.25) is 0 Å². The van der Waals surface area contributed by atoms with E-state index in [0.717, 1.165) is 5.92 Å². The van der Waals surface area contributed by atoms with Gasteiger partial charge in [-0.3, -0.25) is 0 Å². The Morgan fingerprint density at radius 3 is 2.53 bits per heavy atom. The van der Waals surface area contributed by atoms with Gasteiger partial charge in [-0.2, -0.15) is 0 Å². The number of nitrogens with one attached hydrogen (secondary N) is 1. The molecule has 1 fully saturated rings. The lowest BCUT2D eigenvalue weighted by atomic mass is 9.83. The summed E-state index contributed by atoms with van der Waals surface area (Å²) in [7, 11) is 0. The van der Waals surface area contributed by atoms with E-state index in [1.807, 2.05) is 0 Å². The quantitative estimate of drug-likeness (QED) is 0.758. The molecule has 19 heavy (non-hydrogen) atoms. The molecule has 0 amide bonds. The molecule has 0 aromatic heterocycles. The Labute approximate surface area is 126 Å². The molecule has 1 nitrogen and oxygen atoms in total. The first-order chi connectivity index (χ1) is 9.20. The summed E-state index contributed by atoms with van der Waals surface area (Å²) >= 11 is 3.65. The van der Waals surface area contributed by atoms with Crippen LogP contribution < -0.4 is 5.32 Å². The fourth-order valence-corrected chi connectivity index (χ4v) is 3.92. The van der Waals surface area contributed by atoms with Crippen molar-refractivity contribution in [2.45, 2.75) is 64.5 Å². The molecule has 0 aliphatic heterocycles.